The summed E-state index contributed by atoms with van der Waals surface area (Å²) in [7, 11) is 2.15. The van der Waals surface area contributed by atoms with Crippen LogP contribution in [0.1, 0.15) is 0 Å². The number of nitrogens with one attached hydrogen (secondary N) is 1. The number of nitrogens with two attached hydrogens (primary N) is 1. The van der Waals surface area contributed by atoms with Gasteiger partial charge in [0.15, 0.2) is 5.65 Å². The van der Waals surface area contributed by atoms with E-state index in [1.807, 2.05) is 18.2 Å². The first-order valence-corrected chi connectivity index (χ1v) is 10.5. The lowest BCUT2D eigenvalue weighted by atomic mass is 10.2. The molecule has 3 heterocycles. The quantitative estimate of drug-likeness (QED) is 0.477. The topological polar surface area (TPSA) is 105 Å². The van der Waals surface area contributed by atoms with Crippen molar-refractivity contribution in [1.29, 1.82) is 0 Å². The highest BCUT2D eigenvalue weighted by atomic mass is 16.1. The molecule has 2 aromatic carbocycles. The number of nitrogen functional groups attached to an aromatic ring is 1. The Kier molecular flexibility index (Phi) is 5.16. The van der Waals surface area contributed by atoms with Crippen molar-refractivity contribution in [3.63, 3.8) is 0 Å². The summed E-state index contributed by atoms with van der Waals surface area (Å²) in [6.45, 7) is 4.17. The van der Waals surface area contributed by atoms with Gasteiger partial charge in [0.2, 0.25) is 5.95 Å². The molecule has 1 aliphatic heterocycles. The maximum absolute atomic E-state index is 12.6. The van der Waals surface area contributed by atoms with Gasteiger partial charge in [0.05, 0.1) is 18.1 Å². The number of fused-ring (bicyclic) bond motifs is 1. The second-order valence-electron chi connectivity index (χ2n) is 7.89. The summed E-state index contributed by atoms with van der Waals surface area (Å²) in [5.41, 5.74) is 9.81. The van der Waals surface area contributed by atoms with Gasteiger partial charge in [-0.05, 0) is 49.5 Å². The van der Waals surface area contributed by atoms with Crippen molar-refractivity contribution in [3.8, 4) is 5.69 Å². The van der Waals surface area contributed by atoms with Crippen LogP contribution in [-0.2, 0) is 0 Å². The van der Waals surface area contributed by atoms with Gasteiger partial charge in [-0.15, -0.1) is 0 Å². The van der Waals surface area contributed by atoms with Gasteiger partial charge >= 0.3 is 0 Å². The zero-order chi connectivity index (χ0) is 22.1. The molecule has 2 aromatic heterocycles. The standard InChI is InChI=1S/C23H24N8O/c1-29-9-11-30(12-10-29)18-7-5-17(6-8-18)27-23-26-14-20-22(28-23)31(21(32)15-25-20)19-4-2-3-16(24)13-19/h2-8,13-15H,9-12,24H2,1H3,(H,26,27,28). The van der Waals surface area contributed by atoms with Gasteiger partial charge in [-0.3, -0.25) is 9.36 Å². The van der Waals surface area contributed by atoms with E-state index < -0.39 is 0 Å². The van der Waals surface area contributed by atoms with Gasteiger partial charge in [-0.25, -0.2) is 9.97 Å². The Balaban J connectivity index is 1.44. The van der Waals surface area contributed by atoms with E-state index in [1.165, 1.54) is 16.5 Å². The van der Waals surface area contributed by atoms with Crippen molar-refractivity contribution < 1.29 is 0 Å². The number of nitrogens with zero attached hydrogens (tertiary/aromatic N) is 6. The van der Waals surface area contributed by atoms with Gasteiger partial charge in [-0.2, -0.15) is 4.98 Å². The van der Waals surface area contributed by atoms with Crippen LogP contribution in [0, 0.1) is 0 Å². The summed E-state index contributed by atoms with van der Waals surface area (Å²) < 4.78 is 1.49. The van der Waals surface area contributed by atoms with Gasteiger partial charge in [0, 0.05) is 43.2 Å². The smallest absolute Gasteiger partial charge is 0.275 e. The highest BCUT2D eigenvalue weighted by molar-refractivity contribution is 5.73. The van der Waals surface area contributed by atoms with Gasteiger partial charge in [0.1, 0.15) is 5.52 Å². The van der Waals surface area contributed by atoms with Crippen molar-refractivity contribution in [2.24, 2.45) is 0 Å². The van der Waals surface area contributed by atoms with E-state index in [-0.39, 0.29) is 5.56 Å². The van der Waals surface area contributed by atoms with Gasteiger partial charge in [-0.1, -0.05) is 6.07 Å². The largest absolute Gasteiger partial charge is 0.399 e. The maximum atomic E-state index is 12.6. The summed E-state index contributed by atoms with van der Waals surface area (Å²) in [6.07, 6.45) is 2.87. The lowest BCUT2D eigenvalue weighted by molar-refractivity contribution is 0.313. The van der Waals surface area contributed by atoms with Crippen molar-refractivity contribution in [1.82, 2.24) is 24.4 Å². The number of piperazine rings is 1. The van der Waals surface area contributed by atoms with Gasteiger partial charge < -0.3 is 20.9 Å². The second kappa shape index (κ2) is 8.27. The predicted molar refractivity (Wildman–Crippen MR) is 127 cm³/mol. The molecule has 0 atom stereocenters. The monoisotopic (exact) mass is 428 g/mol. The van der Waals surface area contributed by atoms with Crippen molar-refractivity contribution in [2.75, 3.05) is 49.2 Å². The molecule has 162 valence electrons. The fraction of sp³-hybridized carbons (Fsp3) is 0.217. The summed E-state index contributed by atoms with van der Waals surface area (Å²) in [5.74, 6) is 0.384. The van der Waals surface area contributed by atoms with Gasteiger partial charge in [0.25, 0.3) is 5.56 Å². The number of hydrogen-bond acceptors (Lipinski definition) is 8. The molecule has 1 saturated heterocycles. The molecule has 1 fully saturated rings. The molecule has 0 saturated carbocycles. The number of likely N-dealkylation sites (N-methyl/N-ethyl adjacent to an activating group) is 1. The molecular weight excluding hydrogens is 404 g/mol. The highest BCUT2D eigenvalue weighted by Gasteiger charge is 2.14. The maximum Gasteiger partial charge on any atom is 0.275 e. The van der Waals surface area contributed by atoms with E-state index in [2.05, 4.69) is 49.2 Å². The van der Waals surface area contributed by atoms with Crippen LogP contribution in [0.15, 0.2) is 65.7 Å². The molecule has 0 aliphatic carbocycles. The summed E-state index contributed by atoms with van der Waals surface area (Å²) in [5, 5.41) is 3.23. The normalized spacial score (nSPS) is 14.6. The Morgan fingerprint density at radius 3 is 2.47 bits per heavy atom. The minimum absolute atomic E-state index is 0.288. The Hall–Kier alpha value is -3.98. The molecule has 9 nitrogen and oxygen atoms in total. The number of anilines is 4. The van der Waals surface area contributed by atoms with Crippen LogP contribution < -0.4 is 21.5 Å². The molecule has 5 rings (SSSR count). The van der Waals surface area contributed by atoms with Crippen LogP contribution in [0.4, 0.5) is 23.0 Å². The van der Waals surface area contributed by atoms with E-state index in [0.717, 1.165) is 31.9 Å². The van der Waals surface area contributed by atoms with E-state index in [4.69, 9.17) is 5.73 Å². The van der Waals surface area contributed by atoms with Crippen LogP contribution in [0.3, 0.4) is 0 Å². The molecular formula is C23H24N8O. The zero-order valence-electron chi connectivity index (χ0n) is 17.8. The summed E-state index contributed by atoms with van der Waals surface area (Å²) in [4.78, 5) is 30.4. The fourth-order valence-electron chi connectivity index (χ4n) is 3.83. The van der Waals surface area contributed by atoms with Crippen molar-refractivity contribution >= 4 is 34.2 Å². The van der Waals surface area contributed by atoms with Crippen molar-refractivity contribution in [3.05, 3.63) is 71.3 Å². The van der Waals surface area contributed by atoms with E-state index >= 15 is 0 Å². The highest BCUT2D eigenvalue weighted by Crippen LogP contribution is 2.22. The van der Waals surface area contributed by atoms with Crippen LogP contribution in [0.25, 0.3) is 16.9 Å². The fourth-order valence-corrected chi connectivity index (χ4v) is 3.83. The molecule has 0 spiro atoms. The third-order valence-corrected chi connectivity index (χ3v) is 5.62. The SMILES string of the molecule is CN1CCN(c2ccc(Nc3ncc4ncc(=O)n(-c5cccc(N)c5)c4n3)cc2)CC1. The predicted octanol–water partition coefficient (Wildman–Crippen LogP) is 2.25. The minimum Gasteiger partial charge on any atom is -0.399 e. The molecule has 32 heavy (non-hydrogen) atoms. The number of aromatic nitrogens is 4. The molecule has 3 N–H and O–H groups in total. The summed E-state index contributed by atoms with van der Waals surface area (Å²) in [6, 6.07) is 15.3. The Labute approximate surface area is 185 Å². The molecule has 0 bridgehead atoms. The number of benzene rings is 2. The first-order chi connectivity index (χ1) is 15.6. The Bertz CT molecular complexity index is 1310. The lowest BCUT2D eigenvalue weighted by Crippen LogP contribution is -2.44. The third-order valence-electron chi connectivity index (χ3n) is 5.62. The van der Waals surface area contributed by atoms with Crippen LogP contribution in [-0.4, -0.2) is 57.6 Å². The van der Waals surface area contributed by atoms with Crippen LogP contribution in [0.2, 0.25) is 0 Å². The molecule has 4 aromatic rings. The second-order valence-corrected chi connectivity index (χ2v) is 7.89. The number of rotatable bonds is 4. The first-order valence-electron chi connectivity index (χ1n) is 10.5. The molecule has 0 amide bonds. The van der Waals surface area contributed by atoms with Crippen molar-refractivity contribution in [2.45, 2.75) is 0 Å². The van der Waals surface area contributed by atoms with E-state index in [9.17, 15) is 4.79 Å². The number of hydrogen-bond donors (Lipinski definition) is 2. The summed E-state index contributed by atoms with van der Waals surface area (Å²) >= 11 is 0. The van der Waals surface area contributed by atoms with E-state index in [0.29, 0.717) is 28.5 Å². The molecule has 0 unspecified atom stereocenters. The molecule has 0 radical (unpaired) electrons. The minimum atomic E-state index is -0.288. The Morgan fingerprint density at radius 2 is 1.72 bits per heavy atom. The lowest BCUT2D eigenvalue weighted by Gasteiger charge is -2.34. The van der Waals surface area contributed by atoms with Crippen LogP contribution >= 0.6 is 0 Å². The third kappa shape index (κ3) is 3.97. The van der Waals surface area contributed by atoms with E-state index in [1.54, 1.807) is 24.4 Å². The zero-order valence-corrected chi connectivity index (χ0v) is 17.8. The average molecular weight is 429 g/mol. The van der Waals surface area contributed by atoms with Crippen LogP contribution in [0.5, 0.6) is 0 Å². The first kappa shape index (κ1) is 20.0. The molecule has 1 aliphatic rings. The average Bonchev–Trinajstić information content (AvgIpc) is 2.80. The molecule has 9 heteroatoms. The Morgan fingerprint density at radius 1 is 0.938 bits per heavy atom.